The summed E-state index contributed by atoms with van der Waals surface area (Å²) >= 11 is 0. The van der Waals surface area contributed by atoms with Crippen LogP contribution >= 0.6 is 0 Å². The van der Waals surface area contributed by atoms with Gasteiger partial charge in [-0.15, -0.1) is 0 Å². The first-order valence-electron chi connectivity index (χ1n) is 10.9. The topological polar surface area (TPSA) is 122 Å². The predicted octanol–water partition coefficient (Wildman–Crippen LogP) is 2.33. The van der Waals surface area contributed by atoms with Crippen LogP contribution in [-0.4, -0.2) is 52.8 Å². The van der Waals surface area contributed by atoms with E-state index in [0.29, 0.717) is 12.1 Å². The molecule has 0 saturated carbocycles. The van der Waals surface area contributed by atoms with Gasteiger partial charge in [-0.05, 0) is 64.2 Å². The van der Waals surface area contributed by atoms with Crippen molar-refractivity contribution in [3.8, 4) is 0 Å². The second kappa shape index (κ2) is 9.50. The number of aryl methyl sites for hydroxylation is 1. The van der Waals surface area contributed by atoms with Crippen LogP contribution in [0.25, 0.3) is 0 Å². The number of carbonyl (C=O) groups is 5. The quantitative estimate of drug-likeness (QED) is 0.493. The van der Waals surface area contributed by atoms with Crippen molar-refractivity contribution in [1.29, 1.82) is 0 Å². The van der Waals surface area contributed by atoms with E-state index in [2.05, 4.69) is 10.6 Å². The van der Waals surface area contributed by atoms with Gasteiger partial charge < -0.3 is 10.1 Å². The molecular weight excluding hydrogens is 414 g/mol. The van der Waals surface area contributed by atoms with Crippen molar-refractivity contribution in [2.45, 2.75) is 70.9 Å². The van der Waals surface area contributed by atoms with E-state index in [-0.39, 0.29) is 18.4 Å². The Bertz CT molecular complexity index is 950. The first-order chi connectivity index (χ1) is 15.1. The van der Waals surface area contributed by atoms with Crippen molar-refractivity contribution in [3.63, 3.8) is 0 Å². The largest absolute Gasteiger partial charge is 0.444 e. The normalized spacial score (nSPS) is 18.5. The molecule has 0 aliphatic carbocycles. The van der Waals surface area contributed by atoms with Gasteiger partial charge in [0, 0.05) is 13.0 Å². The lowest BCUT2D eigenvalue weighted by molar-refractivity contribution is -0.136. The summed E-state index contributed by atoms with van der Waals surface area (Å²) in [6, 6.07) is 4.19. The molecule has 1 aromatic rings. The van der Waals surface area contributed by atoms with Gasteiger partial charge in [0.2, 0.25) is 11.8 Å². The molecule has 172 valence electrons. The highest BCUT2D eigenvalue weighted by molar-refractivity contribution is 6.23. The summed E-state index contributed by atoms with van der Waals surface area (Å²) in [7, 11) is 0. The number of imide groups is 2. The molecule has 5 amide bonds. The fraction of sp³-hybridized carbons (Fsp3) is 0.522. The molecule has 0 bridgehead atoms. The van der Waals surface area contributed by atoms with Crippen LogP contribution in [0.3, 0.4) is 0 Å². The summed E-state index contributed by atoms with van der Waals surface area (Å²) in [4.78, 5) is 61.6. The molecule has 2 aliphatic heterocycles. The van der Waals surface area contributed by atoms with Crippen molar-refractivity contribution in [2.24, 2.45) is 0 Å². The van der Waals surface area contributed by atoms with Crippen molar-refractivity contribution in [2.75, 3.05) is 6.54 Å². The summed E-state index contributed by atoms with van der Waals surface area (Å²) in [5.74, 6) is -2.01. The second-order valence-electron chi connectivity index (χ2n) is 9.07. The minimum absolute atomic E-state index is 0.0951. The molecule has 9 nitrogen and oxygen atoms in total. The number of unbranched alkanes of at least 4 members (excludes halogenated alkanes) is 2. The molecule has 0 aromatic heterocycles. The number of fused-ring (bicyclic) bond motifs is 1. The average molecular weight is 444 g/mol. The highest BCUT2D eigenvalue weighted by Gasteiger charge is 2.44. The third kappa shape index (κ3) is 5.52. The number of ether oxygens (including phenoxy) is 1. The van der Waals surface area contributed by atoms with Gasteiger partial charge in [0.15, 0.2) is 0 Å². The Morgan fingerprint density at radius 1 is 1.09 bits per heavy atom. The van der Waals surface area contributed by atoms with Crippen LogP contribution in [0.15, 0.2) is 18.2 Å². The van der Waals surface area contributed by atoms with Crippen LogP contribution in [0.4, 0.5) is 4.79 Å². The van der Waals surface area contributed by atoms with Crippen LogP contribution in [-0.2, 0) is 20.7 Å². The molecule has 1 fully saturated rings. The van der Waals surface area contributed by atoms with Crippen LogP contribution < -0.4 is 10.6 Å². The zero-order valence-electron chi connectivity index (χ0n) is 18.7. The zero-order chi connectivity index (χ0) is 23.5. The smallest absolute Gasteiger partial charge is 0.407 e. The summed E-state index contributed by atoms with van der Waals surface area (Å²) < 4.78 is 5.18. The molecule has 32 heavy (non-hydrogen) atoms. The van der Waals surface area contributed by atoms with E-state index in [1.54, 1.807) is 12.1 Å². The molecule has 1 atom stereocenters. The van der Waals surface area contributed by atoms with Gasteiger partial charge in [0.05, 0.1) is 11.1 Å². The standard InChI is InChI=1S/C23H29N3O6/c1-23(2,3)32-22(31)24-12-6-4-5-7-14-8-9-15-16(13-14)21(30)26(20(15)29)17-10-11-18(27)25-19(17)28/h8-9,13,17H,4-7,10-12H2,1-3H3,(H,24,31)(H,25,27,28). The second-order valence-corrected chi connectivity index (χ2v) is 9.07. The molecule has 1 aromatic carbocycles. The van der Waals surface area contributed by atoms with E-state index in [4.69, 9.17) is 4.74 Å². The maximum Gasteiger partial charge on any atom is 0.407 e. The minimum Gasteiger partial charge on any atom is -0.444 e. The highest BCUT2D eigenvalue weighted by Crippen LogP contribution is 2.28. The molecule has 1 unspecified atom stereocenters. The van der Waals surface area contributed by atoms with Gasteiger partial charge in [-0.25, -0.2) is 4.79 Å². The van der Waals surface area contributed by atoms with E-state index in [1.807, 2.05) is 26.8 Å². The molecule has 3 rings (SSSR count). The first-order valence-corrected chi connectivity index (χ1v) is 10.9. The number of rotatable bonds is 7. The minimum atomic E-state index is -0.957. The summed E-state index contributed by atoms with van der Waals surface area (Å²) in [5.41, 5.74) is 0.980. The van der Waals surface area contributed by atoms with Crippen molar-refractivity contribution < 1.29 is 28.7 Å². The first kappa shape index (κ1) is 23.4. The summed E-state index contributed by atoms with van der Waals surface area (Å²) in [5, 5.41) is 4.91. The number of carbonyl (C=O) groups excluding carboxylic acids is 5. The molecular formula is C23H29N3O6. The fourth-order valence-electron chi connectivity index (χ4n) is 3.81. The van der Waals surface area contributed by atoms with E-state index in [1.165, 1.54) is 0 Å². The van der Waals surface area contributed by atoms with Gasteiger partial charge in [0.25, 0.3) is 11.8 Å². The average Bonchev–Trinajstić information content (AvgIpc) is 2.94. The molecule has 1 saturated heterocycles. The van der Waals surface area contributed by atoms with Gasteiger partial charge in [-0.3, -0.25) is 29.4 Å². The molecule has 2 N–H and O–H groups in total. The number of amides is 5. The summed E-state index contributed by atoms with van der Waals surface area (Å²) in [6.45, 7) is 5.95. The van der Waals surface area contributed by atoms with Gasteiger partial charge in [0.1, 0.15) is 11.6 Å². The lowest BCUT2D eigenvalue weighted by Gasteiger charge is -2.27. The van der Waals surface area contributed by atoms with Crippen molar-refractivity contribution in [3.05, 3.63) is 34.9 Å². The molecule has 9 heteroatoms. The van der Waals surface area contributed by atoms with Crippen LogP contribution in [0.5, 0.6) is 0 Å². The molecule has 0 spiro atoms. The number of hydrogen-bond acceptors (Lipinski definition) is 6. The number of piperidine rings is 1. The maximum absolute atomic E-state index is 12.9. The number of benzene rings is 1. The fourth-order valence-corrected chi connectivity index (χ4v) is 3.81. The Labute approximate surface area is 186 Å². The number of nitrogens with one attached hydrogen (secondary N) is 2. The third-order valence-corrected chi connectivity index (χ3v) is 5.31. The van der Waals surface area contributed by atoms with Gasteiger partial charge >= 0.3 is 6.09 Å². The van der Waals surface area contributed by atoms with Crippen molar-refractivity contribution >= 4 is 29.7 Å². The van der Waals surface area contributed by atoms with Gasteiger partial charge in [-0.2, -0.15) is 0 Å². The van der Waals surface area contributed by atoms with Gasteiger partial charge in [-0.1, -0.05) is 12.5 Å². The predicted molar refractivity (Wildman–Crippen MR) is 115 cm³/mol. The Balaban J connectivity index is 1.50. The summed E-state index contributed by atoms with van der Waals surface area (Å²) in [6.07, 6.45) is 3.05. The number of hydrogen-bond donors (Lipinski definition) is 2. The Hall–Kier alpha value is -3.23. The third-order valence-electron chi connectivity index (χ3n) is 5.31. The van der Waals surface area contributed by atoms with Crippen LogP contribution in [0, 0.1) is 0 Å². The Morgan fingerprint density at radius 2 is 1.81 bits per heavy atom. The lowest BCUT2D eigenvalue weighted by atomic mass is 10.0. The highest BCUT2D eigenvalue weighted by atomic mass is 16.6. The van der Waals surface area contributed by atoms with Crippen LogP contribution in [0.2, 0.25) is 0 Å². The molecule has 2 heterocycles. The number of alkyl carbamates (subject to hydrolysis) is 1. The molecule has 0 radical (unpaired) electrons. The Morgan fingerprint density at radius 3 is 2.50 bits per heavy atom. The number of nitrogens with zero attached hydrogens (tertiary/aromatic N) is 1. The SMILES string of the molecule is CC(C)(C)OC(=O)NCCCCCc1ccc2c(c1)C(=O)N(C1CCC(=O)NC1=O)C2=O. The zero-order valence-corrected chi connectivity index (χ0v) is 18.7. The van der Waals surface area contributed by atoms with E-state index >= 15 is 0 Å². The molecule has 2 aliphatic rings. The van der Waals surface area contributed by atoms with E-state index < -0.39 is 41.4 Å². The lowest BCUT2D eigenvalue weighted by Crippen LogP contribution is -2.54. The maximum atomic E-state index is 12.9. The Kier molecular flexibility index (Phi) is 6.96. The van der Waals surface area contributed by atoms with E-state index in [0.717, 1.165) is 36.1 Å². The monoisotopic (exact) mass is 443 g/mol. The van der Waals surface area contributed by atoms with Crippen molar-refractivity contribution in [1.82, 2.24) is 15.5 Å². The van der Waals surface area contributed by atoms with E-state index in [9.17, 15) is 24.0 Å². The van der Waals surface area contributed by atoms with Crippen LogP contribution in [0.1, 0.15) is 79.2 Å².